The minimum atomic E-state index is -1.49. The molecule has 5 rings (SSSR count). The Hall–Kier alpha value is -4.17. The smallest absolute Gasteiger partial charge is 0.332 e. The van der Waals surface area contributed by atoms with Crippen LogP contribution in [0.4, 0.5) is 35.3 Å². The first-order valence-electron chi connectivity index (χ1n) is 13.5. The van der Waals surface area contributed by atoms with Crippen molar-refractivity contribution in [2.45, 2.75) is 30.8 Å². The third-order valence-corrected chi connectivity index (χ3v) is 8.29. The monoisotopic (exact) mass is 613 g/mol. The second-order valence-corrected chi connectivity index (χ2v) is 11.5. The van der Waals surface area contributed by atoms with Gasteiger partial charge in [-0.2, -0.15) is 0 Å². The molecule has 3 aromatic rings. The summed E-state index contributed by atoms with van der Waals surface area (Å²) < 4.78 is 43.9. The van der Waals surface area contributed by atoms with E-state index < -0.39 is 45.5 Å². The van der Waals surface area contributed by atoms with Crippen LogP contribution in [0.3, 0.4) is 0 Å². The molecule has 2 saturated heterocycles. The number of benzene rings is 1. The summed E-state index contributed by atoms with van der Waals surface area (Å²) >= 11 is 0.674. The Balaban J connectivity index is 1.24. The van der Waals surface area contributed by atoms with Crippen molar-refractivity contribution in [1.82, 2.24) is 19.8 Å². The number of piperazine rings is 1. The number of carbonyl (C=O) groups is 3. The van der Waals surface area contributed by atoms with E-state index in [1.54, 1.807) is 18.3 Å². The standard InChI is InChI=1S/C29H30F3N7O3S/c1-29(2)27(41)39(20-15-19(30)26(43-3)25(32)24(20)31)28(42)38(29)16-18-7-9-33-21(14-18)35-23(40)17-36-10-12-37(13-11-36)22-6-4-5-8-34-22/h4-9,14-15H,10-13,16-17H2,1-3H3,(H,33,35,40). The number of anilines is 3. The van der Waals surface area contributed by atoms with E-state index in [1.807, 2.05) is 23.1 Å². The third-order valence-electron chi connectivity index (χ3n) is 7.51. The highest BCUT2D eigenvalue weighted by atomic mass is 32.2. The van der Waals surface area contributed by atoms with Crippen LogP contribution in [0, 0.1) is 17.5 Å². The molecule has 0 radical (unpaired) electrons. The molecule has 0 spiro atoms. The average molecular weight is 614 g/mol. The van der Waals surface area contributed by atoms with Crippen LogP contribution in [0.5, 0.6) is 0 Å². The van der Waals surface area contributed by atoms with Crippen molar-refractivity contribution >= 4 is 46.9 Å². The van der Waals surface area contributed by atoms with Gasteiger partial charge in [0.1, 0.15) is 23.0 Å². The van der Waals surface area contributed by atoms with E-state index in [0.29, 0.717) is 41.4 Å². The molecular weight excluding hydrogens is 583 g/mol. The molecule has 226 valence electrons. The van der Waals surface area contributed by atoms with E-state index in [0.717, 1.165) is 18.9 Å². The number of hydrogen-bond donors (Lipinski definition) is 1. The van der Waals surface area contributed by atoms with Crippen LogP contribution in [0.25, 0.3) is 0 Å². The van der Waals surface area contributed by atoms with Crippen molar-refractivity contribution in [2.24, 2.45) is 0 Å². The molecule has 0 aliphatic carbocycles. The summed E-state index contributed by atoms with van der Waals surface area (Å²) in [5, 5.41) is 2.77. The van der Waals surface area contributed by atoms with E-state index in [4.69, 9.17) is 0 Å². The number of urea groups is 1. The summed E-state index contributed by atoms with van der Waals surface area (Å²) in [6.07, 6.45) is 4.58. The lowest BCUT2D eigenvalue weighted by Crippen LogP contribution is -2.48. The zero-order chi connectivity index (χ0) is 30.9. The fourth-order valence-electron chi connectivity index (χ4n) is 5.11. The Bertz CT molecular complexity index is 1550. The predicted molar refractivity (Wildman–Crippen MR) is 156 cm³/mol. The number of hydrogen-bond acceptors (Lipinski definition) is 8. The minimum absolute atomic E-state index is 0.107. The van der Waals surface area contributed by atoms with Crippen molar-refractivity contribution in [3.8, 4) is 0 Å². The third kappa shape index (κ3) is 6.02. The van der Waals surface area contributed by atoms with Crippen LogP contribution in [0.1, 0.15) is 19.4 Å². The summed E-state index contributed by atoms with van der Waals surface area (Å²) in [5.74, 6) is -3.98. The van der Waals surface area contributed by atoms with Crippen molar-refractivity contribution in [1.29, 1.82) is 0 Å². The van der Waals surface area contributed by atoms with E-state index in [1.165, 1.54) is 31.2 Å². The zero-order valence-corrected chi connectivity index (χ0v) is 24.6. The maximum atomic E-state index is 14.9. The van der Waals surface area contributed by atoms with Gasteiger partial charge in [0.2, 0.25) is 5.91 Å². The maximum absolute atomic E-state index is 14.9. The SMILES string of the molecule is CSc1c(F)cc(N2C(=O)N(Cc3ccnc(NC(=O)CN4CCN(c5ccccn5)CC4)c3)C(C)(C)C2=O)c(F)c1F. The molecule has 0 saturated carbocycles. The molecule has 1 N–H and O–H groups in total. The van der Waals surface area contributed by atoms with Gasteiger partial charge in [-0.3, -0.25) is 14.5 Å². The van der Waals surface area contributed by atoms with Gasteiger partial charge < -0.3 is 15.1 Å². The Kier molecular flexibility index (Phi) is 8.60. The molecule has 43 heavy (non-hydrogen) atoms. The molecular formula is C29H30F3N7O3S. The largest absolute Gasteiger partial charge is 0.354 e. The average Bonchev–Trinajstić information content (AvgIpc) is 3.15. The fourth-order valence-corrected chi connectivity index (χ4v) is 5.64. The normalized spacial score (nSPS) is 17.1. The highest BCUT2D eigenvalue weighted by Gasteiger charge is 2.52. The highest BCUT2D eigenvalue weighted by molar-refractivity contribution is 7.98. The summed E-state index contributed by atoms with van der Waals surface area (Å²) in [4.78, 5) is 53.2. The van der Waals surface area contributed by atoms with Crippen LogP contribution in [0.2, 0.25) is 0 Å². The van der Waals surface area contributed by atoms with Crippen LogP contribution in [0.15, 0.2) is 53.7 Å². The quantitative estimate of drug-likeness (QED) is 0.230. The number of nitrogens with one attached hydrogen (secondary N) is 1. The molecule has 2 fully saturated rings. The molecule has 0 atom stereocenters. The van der Waals surface area contributed by atoms with Crippen molar-refractivity contribution in [2.75, 3.05) is 54.1 Å². The number of pyridine rings is 2. The molecule has 2 aliphatic rings. The van der Waals surface area contributed by atoms with Gasteiger partial charge in [-0.15, -0.1) is 11.8 Å². The topological polar surface area (TPSA) is 102 Å². The van der Waals surface area contributed by atoms with E-state index in [9.17, 15) is 27.6 Å². The number of nitrogens with zero attached hydrogens (tertiary/aromatic N) is 6. The number of halogens is 3. The molecule has 4 heterocycles. The van der Waals surface area contributed by atoms with Crippen LogP contribution >= 0.6 is 11.8 Å². The van der Waals surface area contributed by atoms with Gasteiger partial charge in [-0.05, 0) is 49.9 Å². The Labute approximate surface area is 250 Å². The first kappa shape index (κ1) is 30.3. The zero-order valence-electron chi connectivity index (χ0n) is 23.8. The number of carbonyl (C=O) groups excluding carboxylic acids is 3. The summed E-state index contributed by atoms with van der Waals surface area (Å²) in [6.45, 7) is 5.82. The minimum Gasteiger partial charge on any atom is -0.354 e. The molecule has 1 aromatic carbocycles. The lowest BCUT2D eigenvalue weighted by Gasteiger charge is -2.34. The molecule has 2 aliphatic heterocycles. The molecule has 2 aromatic heterocycles. The fraction of sp³-hybridized carbons (Fsp3) is 0.345. The molecule has 4 amide bonds. The van der Waals surface area contributed by atoms with E-state index in [-0.39, 0.29) is 24.8 Å². The van der Waals surface area contributed by atoms with Crippen LogP contribution in [-0.2, 0) is 16.1 Å². The molecule has 14 heteroatoms. The summed E-state index contributed by atoms with van der Waals surface area (Å²) in [6, 6.07) is 8.64. The van der Waals surface area contributed by atoms with Crippen LogP contribution < -0.4 is 15.1 Å². The van der Waals surface area contributed by atoms with E-state index in [2.05, 4.69) is 20.2 Å². The molecule has 0 unspecified atom stereocenters. The van der Waals surface area contributed by atoms with Gasteiger partial charge >= 0.3 is 6.03 Å². The first-order chi connectivity index (χ1) is 20.5. The number of thioether (sulfide) groups is 1. The lowest BCUT2D eigenvalue weighted by molar-refractivity contribution is -0.123. The number of imide groups is 1. The Morgan fingerprint density at radius 3 is 2.42 bits per heavy atom. The van der Waals surface area contributed by atoms with Gasteiger partial charge in [0.05, 0.1) is 17.1 Å². The summed E-state index contributed by atoms with van der Waals surface area (Å²) in [7, 11) is 0. The van der Waals surface area contributed by atoms with Gasteiger partial charge in [0.25, 0.3) is 5.91 Å². The highest BCUT2D eigenvalue weighted by Crippen LogP contribution is 2.38. The Morgan fingerprint density at radius 1 is 1.00 bits per heavy atom. The van der Waals surface area contributed by atoms with Gasteiger partial charge in [-0.25, -0.2) is 32.8 Å². The number of amides is 4. The second-order valence-electron chi connectivity index (χ2n) is 10.7. The van der Waals surface area contributed by atoms with Gasteiger partial charge in [0.15, 0.2) is 11.6 Å². The number of rotatable bonds is 8. The van der Waals surface area contributed by atoms with E-state index >= 15 is 0 Å². The number of aromatic nitrogens is 2. The van der Waals surface area contributed by atoms with Crippen molar-refractivity contribution in [3.05, 3.63) is 71.8 Å². The lowest BCUT2D eigenvalue weighted by atomic mass is 10.0. The van der Waals surface area contributed by atoms with Crippen LogP contribution in [-0.4, -0.2) is 82.1 Å². The molecule has 10 nitrogen and oxygen atoms in total. The van der Waals surface area contributed by atoms with Crippen molar-refractivity contribution < 1.29 is 27.6 Å². The predicted octanol–water partition coefficient (Wildman–Crippen LogP) is 4.12. The molecule has 0 bridgehead atoms. The first-order valence-corrected chi connectivity index (χ1v) is 14.7. The maximum Gasteiger partial charge on any atom is 0.332 e. The Morgan fingerprint density at radius 2 is 1.74 bits per heavy atom. The second kappa shape index (κ2) is 12.2. The van der Waals surface area contributed by atoms with Gasteiger partial charge in [0, 0.05) is 51.2 Å². The van der Waals surface area contributed by atoms with Gasteiger partial charge in [-0.1, -0.05) is 6.07 Å². The summed E-state index contributed by atoms with van der Waals surface area (Å²) in [5.41, 5.74) is -1.72. The van der Waals surface area contributed by atoms with Crippen molar-refractivity contribution in [3.63, 3.8) is 0 Å².